The van der Waals surface area contributed by atoms with Crippen LogP contribution in [0, 0.1) is 11.8 Å². The van der Waals surface area contributed by atoms with Crippen LogP contribution in [0.5, 0.6) is 0 Å². The molecule has 0 radical (unpaired) electrons. The van der Waals surface area contributed by atoms with E-state index in [1.165, 1.54) is 4.90 Å². The molecular weight excluding hydrogens is 256 g/mol. The van der Waals surface area contributed by atoms with Crippen LogP contribution in [0.4, 0.5) is 0 Å². The first-order chi connectivity index (χ1) is 9.35. The molecule has 2 aliphatic rings. The largest absolute Gasteiger partial charge is 0.463 e. The minimum atomic E-state index is -0.0421. The van der Waals surface area contributed by atoms with Crippen molar-refractivity contribution in [3.05, 3.63) is 23.7 Å². The topological polar surface area (TPSA) is 62.6 Å². The van der Waals surface area contributed by atoms with Crippen molar-refractivity contribution < 1.29 is 14.0 Å². The monoisotopic (exact) mass is 276 g/mol. The highest BCUT2D eigenvalue weighted by Gasteiger charge is 2.58. The quantitative estimate of drug-likeness (QED) is 0.850. The highest BCUT2D eigenvalue weighted by Crippen LogP contribution is 2.47. The molecule has 2 atom stereocenters. The zero-order chi connectivity index (χ0) is 14.5. The summed E-state index contributed by atoms with van der Waals surface area (Å²) in [7, 11) is 0. The van der Waals surface area contributed by atoms with Gasteiger partial charge in [-0.2, -0.15) is 0 Å². The molecule has 0 bridgehead atoms. The molecule has 1 aliphatic carbocycles. The van der Waals surface area contributed by atoms with Gasteiger partial charge in [0, 0.05) is 5.54 Å². The molecule has 2 unspecified atom stereocenters. The van der Waals surface area contributed by atoms with E-state index >= 15 is 0 Å². The van der Waals surface area contributed by atoms with Crippen LogP contribution in [0.3, 0.4) is 0 Å². The molecule has 20 heavy (non-hydrogen) atoms. The Morgan fingerprint density at radius 3 is 2.40 bits per heavy atom. The van der Waals surface area contributed by atoms with Gasteiger partial charge in [0.1, 0.15) is 11.5 Å². The molecule has 1 aromatic rings. The summed E-state index contributed by atoms with van der Waals surface area (Å²) in [6, 6.07) is 3.73. The molecule has 3 rings (SSSR count). The Morgan fingerprint density at radius 2 is 1.80 bits per heavy atom. The Hall–Kier alpha value is -1.62. The maximum absolute atomic E-state index is 11.9. The number of carbonyl (C=O) groups is 2. The molecular formula is C15H20N2O3. The number of nitrogens with zero attached hydrogens (tertiary/aromatic N) is 1. The summed E-state index contributed by atoms with van der Waals surface area (Å²) in [6.45, 7) is 7.16. The lowest BCUT2D eigenvalue weighted by Crippen LogP contribution is -2.34. The number of fused-ring (bicyclic) bond motifs is 1. The van der Waals surface area contributed by atoms with Gasteiger partial charge in [-0.25, -0.2) is 0 Å². The van der Waals surface area contributed by atoms with E-state index < -0.39 is 0 Å². The normalized spacial score (nSPS) is 25.2. The fourth-order valence-electron chi connectivity index (χ4n) is 2.52. The average molecular weight is 276 g/mol. The third-order valence-electron chi connectivity index (χ3n) is 3.78. The smallest absolute Gasteiger partial charge is 0.233 e. The number of carbonyl (C=O) groups excluding carboxylic acids is 2. The summed E-state index contributed by atoms with van der Waals surface area (Å²) >= 11 is 0. The van der Waals surface area contributed by atoms with E-state index in [-0.39, 0.29) is 35.7 Å². The number of piperidine rings is 1. The first-order valence-electron chi connectivity index (χ1n) is 7.03. The number of rotatable bonds is 4. The lowest BCUT2D eigenvalue weighted by Gasteiger charge is -2.19. The van der Waals surface area contributed by atoms with Crippen LogP contribution in [0.2, 0.25) is 0 Å². The molecule has 1 saturated carbocycles. The van der Waals surface area contributed by atoms with Crippen LogP contribution in [-0.4, -0.2) is 22.3 Å². The molecule has 1 aromatic heterocycles. The summed E-state index contributed by atoms with van der Waals surface area (Å²) in [4.78, 5) is 25.1. The van der Waals surface area contributed by atoms with E-state index in [2.05, 4.69) is 26.1 Å². The van der Waals surface area contributed by atoms with Crippen LogP contribution >= 0.6 is 0 Å². The van der Waals surface area contributed by atoms with Gasteiger partial charge in [0.05, 0.1) is 24.9 Å². The minimum absolute atomic E-state index is 0.0229. The number of nitrogens with one attached hydrogen (secondary N) is 1. The summed E-state index contributed by atoms with van der Waals surface area (Å²) in [6.07, 6.45) is 0.743. The number of likely N-dealkylation sites (tertiary alicyclic amines) is 1. The van der Waals surface area contributed by atoms with E-state index in [4.69, 9.17) is 4.42 Å². The molecule has 2 amide bonds. The summed E-state index contributed by atoms with van der Waals surface area (Å²) in [5.41, 5.74) is 0.0229. The van der Waals surface area contributed by atoms with E-state index in [1.54, 1.807) is 0 Å². The molecule has 1 N–H and O–H groups in total. The maximum Gasteiger partial charge on any atom is 0.233 e. The third-order valence-corrected chi connectivity index (χ3v) is 3.78. The van der Waals surface area contributed by atoms with Crippen molar-refractivity contribution in [2.45, 2.75) is 45.8 Å². The van der Waals surface area contributed by atoms with E-state index in [9.17, 15) is 9.59 Å². The van der Waals surface area contributed by atoms with Crippen molar-refractivity contribution >= 4 is 11.8 Å². The second-order valence-electron chi connectivity index (χ2n) is 6.68. The second-order valence-corrected chi connectivity index (χ2v) is 6.68. The Kier molecular flexibility index (Phi) is 2.97. The SMILES string of the molecule is CC(C)(C)NCc1ccc(CN2C(=O)C3CC3C2=O)o1. The molecule has 108 valence electrons. The highest BCUT2D eigenvalue weighted by atomic mass is 16.3. The van der Waals surface area contributed by atoms with Gasteiger partial charge in [-0.15, -0.1) is 0 Å². The van der Waals surface area contributed by atoms with E-state index in [1.807, 2.05) is 12.1 Å². The number of amides is 2. The van der Waals surface area contributed by atoms with Crippen LogP contribution in [-0.2, 0) is 22.7 Å². The van der Waals surface area contributed by atoms with Crippen molar-refractivity contribution in [1.82, 2.24) is 10.2 Å². The lowest BCUT2D eigenvalue weighted by atomic mass is 10.1. The van der Waals surface area contributed by atoms with Crippen molar-refractivity contribution in [1.29, 1.82) is 0 Å². The zero-order valence-electron chi connectivity index (χ0n) is 12.1. The first kappa shape index (κ1) is 13.4. The van der Waals surface area contributed by atoms with E-state index in [0.29, 0.717) is 12.3 Å². The summed E-state index contributed by atoms with van der Waals surface area (Å²) in [5, 5.41) is 3.34. The molecule has 5 nitrogen and oxygen atoms in total. The molecule has 5 heteroatoms. The predicted octanol–water partition coefficient (Wildman–Crippen LogP) is 1.67. The van der Waals surface area contributed by atoms with Crippen molar-refractivity contribution in [3.8, 4) is 0 Å². The molecule has 0 aromatic carbocycles. The van der Waals surface area contributed by atoms with Crippen molar-refractivity contribution in [3.63, 3.8) is 0 Å². The Balaban J connectivity index is 1.60. The third kappa shape index (κ3) is 2.50. The number of hydrogen-bond acceptors (Lipinski definition) is 4. The predicted molar refractivity (Wildman–Crippen MR) is 72.5 cm³/mol. The van der Waals surface area contributed by atoms with E-state index in [0.717, 1.165) is 12.2 Å². The summed E-state index contributed by atoms with van der Waals surface area (Å²) in [5.74, 6) is 1.33. The maximum atomic E-state index is 11.9. The Morgan fingerprint density at radius 1 is 1.20 bits per heavy atom. The van der Waals surface area contributed by atoms with Crippen LogP contribution in [0.25, 0.3) is 0 Å². The Bertz CT molecular complexity index is 536. The number of hydrogen-bond donors (Lipinski definition) is 1. The molecule has 2 fully saturated rings. The van der Waals surface area contributed by atoms with Gasteiger partial charge in [0.25, 0.3) is 0 Å². The number of imide groups is 1. The minimum Gasteiger partial charge on any atom is -0.463 e. The molecule has 2 heterocycles. The second kappa shape index (κ2) is 4.45. The van der Waals surface area contributed by atoms with Gasteiger partial charge in [-0.05, 0) is 39.3 Å². The summed E-state index contributed by atoms with van der Waals surface area (Å²) < 4.78 is 5.68. The van der Waals surface area contributed by atoms with Gasteiger partial charge < -0.3 is 9.73 Å². The van der Waals surface area contributed by atoms with Crippen molar-refractivity contribution in [2.75, 3.05) is 0 Å². The Labute approximate surface area is 118 Å². The van der Waals surface area contributed by atoms with Crippen LogP contribution in [0.1, 0.15) is 38.7 Å². The van der Waals surface area contributed by atoms with Gasteiger partial charge in [0.2, 0.25) is 11.8 Å². The fraction of sp³-hybridized carbons (Fsp3) is 0.600. The lowest BCUT2D eigenvalue weighted by molar-refractivity contribution is -0.142. The van der Waals surface area contributed by atoms with Gasteiger partial charge >= 0.3 is 0 Å². The van der Waals surface area contributed by atoms with Gasteiger partial charge in [-0.1, -0.05) is 0 Å². The molecule has 1 saturated heterocycles. The van der Waals surface area contributed by atoms with Gasteiger partial charge in [-0.3, -0.25) is 14.5 Å². The molecule has 0 spiro atoms. The number of furan rings is 1. The molecule has 1 aliphatic heterocycles. The van der Waals surface area contributed by atoms with Crippen molar-refractivity contribution in [2.24, 2.45) is 11.8 Å². The average Bonchev–Trinajstić information content (AvgIpc) is 2.98. The highest BCUT2D eigenvalue weighted by molar-refractivity contribution is 6.08. The standard InChI is InChI=1S/C15H20N2O3/c1-15(2,3)16-7-9-4-5-10(20-9)8-17-13(18)11-6-12(11)14(17)19/h4-5,11-12,16H,6-8H2,1-3H3. The van der Waals surface area contributed by atoms with Crippen LogP contribution < -0.4 is 5.32 Å². The van der Waals surface area contributed by atoms with Crippen LogP contribution in [0.15, 0.2) is 16.5 Å². The fourth-order valence-corrected chi connectivity index (χ4v) is 2.52. The zero-order valence-corrected chi connectivity index (χ0v) is 12.1. The van der Waals surface area contributed by atoms with Gasteiger partial charge in [0.15, 0.2) is 0 Å². The first-order valence-corrected chi connectivity index (χ1v) is 7.03.